The molecule has 0 radical (unpaired) electrons. The summed E-state index contributed by atoms with van der Waals surface area (Å²) >= 11 is 5.75. The summed E-state index contributed by atoms with van der Waals surface area (Å²) in [4.78, 5) is 11.9. The second kappa shape index (κ2) is 7.29. The van der Waals surface area contributed by atoms with Crippen LogP contribution in [-0.4, -0.2) is 26.7 Å². The van der Waals surface area contributed by atoms with Crippen molar-refractivity contribution in [2.24, 2.45) is 0 Å². The molecular weight excluding hydrogens is 324 g/mol. The molecule has 5 nitrogen and oxygen atoms in total. The molecule has 0 atom stereocenters. The molecule has 2 rings (SSSR count). The zero-order valence-electron chi connectivity index (χ0n) is 11.6. The minimum absolute atomic E-state index is 0.0245. The Kier molecular flexibility index (Phi) is 5.41. The molecule has 7 heteroatoms. The van der Waals surface area contributed by atoms with Crippen LogP contribution < -0.4 is 10.6 Å². The topological polar surface area (TPSA) is 75.3 Å². The van der Waals surface area contributed by atoms with E-state index >= 15 is 0 Å². The van der Waals surface area contributed by atoms with Gasteiger partial charge in [0.05, 0.1) is 10.6 Å². The maximum absolute atomic E-state index is 12.0. The van der Waals surface area contributed by atoms with Crippen LogP contribution >= 0.6 is 11.6 Å². The molecule has 116 valence electrons. The number of halogens is 1. The van der Waals surface area contributed by atoms with Gasteiger partial charge in [-0.05, 0) is 36.4 Å². The highest BCUT2D eigenvalue weighted by Crippen LogP contribution is 2.13. The summed E-state index contributed by atoms with van der Waals surface area (Å²) in [6, 6.07) is 14.3. The number of amides is 2. The molecule has 22 heavy (non-hydrogen) atoms. The number of benzene rings is 2. The first kappa shape index (κ1) is 16.3. The van der Waals surface area contributed by atoms with E-state index in [9.17, 15) is 13.2 Å². The second-order valence-electron chi connectivity index (χ2n) is 4.52. The van der Waals surface area contributed by atoms with E-state index in [0.717, 1.165) is 0 Å². The summed E-state index contributed by atoms with van der Waals surface area (Å²) < 4.78 is 24.0. The first-order valence-electron chi connectivity index (χ1n) is 6.55. The van der Waals surface area contributed by atoms with Gasteiger partial charge < -0.3 is 10.6 Å². The Morgan fingerprint density at radius 2 is 1.64 bits per heavy atom. The van der Waals surface area contributed by atoms with Gasteiger partial charge in [-0.2, -0.15) is 0 Å². The van der Waals surface area contributed by atoms with Crippen LogP contribution in [0.15, 0.2) is 59.5 Å². The monoisotopic (exact) mass is 338 g/mol. The van der Waals surface area contributed by atoms with Gasteiger partial charge in [-0.3, -0.25) is 0 Å². The van der Waals surface area contributed by atoms with Crippen molar-refractivity contribution in [1.82, 2.24) is 5.32 Å². The van der Waals surface area contributed by atoms with Crippen molar-refractivity contribution < 1.29 is 13.2 Å². The van der Waals surface area contributed by atoms with Gasteiger partial charge in [0, 0.05) is 17.3 Å². The Morgan fingerprint density at radius 1 is 1.00 bits per heavy atom. The normalized spacial score (nSPS) is 11.0. The number of carbonyl (C=O) groups is 1. The average molecular weight is 339 g/mol. The Hall–Kier alpha value is -2.05. The van der Waals surface area contributed by atoms with Crippen LogP contribution in [0.5, 0.6) is 0 Å². The molecule has 0 fully saturated rings. The number of carbonyl (C=O) groups excluding carboxylic acids is 1. The van der Waals surface area contributed by atoms with Crippen LogP contribution in [-0.2, 0) is 9.84 Å². The van der Waals surface area contributed by atoms with Crippen molar-refractivity contribution in [3.63, 3.8) is 0 Å². The van der Waals surface area contributed by atoms with Gasteiger partial charge in [0.25, 0.3) is 0 Å². The molecular formula is C15H15ClN2O3S. The van der Waals surface area contributed by atoms with Crippen molar-refractivity contribution in [3.05, 3.63) is 59.6 Å². The average Bonchev–Trinajstić information content (AvgIpc) is 2.50. The van der Waals surface area contributed by atoms with Gasteiger partial charge in [0.15, 0.2) is 9.84 Å². The fourth-order valence-corrected chi connectivity index (χ4v) is 3.06. The van der Waals surface area contributed by atoms with Gasteiger partial charge in [0.2, 0.25) is 0 Å². The van der Waals surface area contributed by atoms with E-state index in [-0.39, 0.29) is 17.2 Å². The SMILES string of the molecule is O=C(NCCS(=O)(=O)c1ccccc1)Nc1ccc(Cl)cc1. The van der Waals surface area contributed by atoms with E-state index in [0.29, 0.717) is 10.7 Å². The van der Waals surface area contributed by atoms with E-state index in [1.165, 1.54) is 12.1 Å². The molecule has 0 spiro atoms. The van der Waals surface area contributed by atoms with E-state index in [2.05, 4.69) is 10.6 Å². The van der Waals surface area contributed by atoms with E-state index in [1.807, 2.05) is 0 Å². The third-order valence-electron chi connectivity index (χ3n) is 2.86. The summed E-state index contributed by atoms with van der Waals surface area (Å²) in [5.74, 6) is -0.162. The minimum atomic E-state index is -3.39. The minimum Gasteiger partial charge on any atom is -0.337 e. The molecule has 0 saturated carbocycles. The lowest BCUT2D eigenvalue weighted by Gasteiger charge is -2.08. The quantitative estimate of drug-likeness (QED) is 0.880. The number of nitrogens with one attached hydrogen (secondary N) is 2. The summed E-state index contributed by atoms with van der Waals surface area (Å²) in [6.07, 6.45) is 0. The van der Waals surface area contributed by atoms with Crippen molar-refractivity contribution in [1.29, 1.82) is 0 Å². The van der Waals surface area contributed by atoms with Crippen molar-refractivity contribution >= 4 is 33.2 Å². The van der Waals surface area contributed by atoms with E-state index < -0.39 is 15.9 Å². The lowest BCUT2D eigenvalue weighted by atomic mass is 10.3. The van der Waals surface area contributed by atoms with Gasteiger partial charge in [0.1, 0.15) is 0 Å². The van der Waals surface area contributed by atoms with E-state index in [4.69, 9.17) is 11.6 Å². The third kappa shape index (κ3) is 4.75. The third-order valence-corrected chi connectivity index (χ3v) is 4.84. The highest BCUT2D eigenvalue weighted by Gasteiger charge is 2.13. The molecule has 0 aliphatic heterocycles. The summed E-state index contributed by atoms with van der Waals surface area (Å²) in [5, 5.41) is 5.67. The number of rotatable bonds is 5. The smallest absolute Gasteiger partial charge is 0.319 e. The summed E-state index contributed by atoms with van der Waals surface area (Å²) in [7, 11) is -3.39. The molecule has 2 aromatic rings. The number of anilines is 1. The predicted octanol–water partition coefficient (Wildman–Crippen LogP) is 2.94. The van der Waals surface area contributed by atoms with Gasteiger partial charge in [-0.25, -0.2) is 13.2 Å². The molecule has 0 aliphatic carbocycles. The maximum Gasteiger partial charge on any atom is 0.319 e. The van der Waals surface area contributed by atoms with Gasteiger partial charge in [-0.15, -0.1) is 0 Å². The molecule has 2 aromatic carbocycles. The first-order chi connectivity index (χ1) is 10.5. The molecule has 0 saturated heterocycles. The predicted molar refractivity (Wildman–Crippen MR) is 87.0 cm³/mol. The zero-order valence-corrected chi connectivity index (χ0v) is 13.2. The highest BCUT2D eigenvalue weighted by atomic mass is 35.5. The molecule has 2 N–H and O–H groups in total. The fraction of sp³-hybridized carbons (Fsp3) is 0.133. The first-order valence-corrected chi connectivity index (χ1v) is 8.59. The molecule has 0 unspecified atom stereocenters. The van der Waals surface area contributed by atoms with Crippen LogP contribution in [0.2, 0.25) is 5.02 Å². The molecule has 0 bridgehead atoms. The van der Waals surface area contributed by atoms with Crippen LogP contribution in [0.25, 0.3) is 0 Å². The van der Waals surface area contributed by atoms with Crippen molar-refractivity contribution in [2.45, 2.75) is 4.90 Å². The fourth-order valence-electron chi connectivity index (χ4n) is 1.75. The van der Waals surface area contributed by atoms with Crippen LogP contribution in [0.4, 0.5) is 10.5 Å². The van der Waals surface area contributed by atoms with Crippen LogP contribution in [0.1, 0.15) is 0 Å². The lowest BCUT2D eigenvalue weighted by molar-refractivity contribution is 0.252. The van der Waals surface area contributed by atoms with Crippen LogP contribution in [0, 0.1) is 0 Å². The van der Waals surface area contributed by atoms with E-state index in [1.54, 1.807) is 42.5 Å². The molecule has 0 aromatic heterocycles. The Morgan fingerprint density at radius 3 is 2.27 bits per heavy atom. The Labute approximate surface area is 134 Å². The largest absolute Gasteiger partial charge is 0.337 e. The van der Waals surface area contributed by atoms with Crippen molar-refractivity contribution in [3.8, 4) is 0 Å². The lowest BCUT2D eigenvalue weighted by Crippen LogP contribution is -2.32. The number of sulfone groups is 1. The second-order valence-corrected chi connectivity index (χ2v) is 7.07. The Balaban J connectivity index is 1.83. The van der Waals surface area contributed by atoms with Gasteiger partial charge >= 0.3 is 6.03 Å². The number of urea groups is 1. The molecule has 2 amide bonds. The maximum atomic E-state index is 12.0. The summed E-state index contributed by atoms with van der Waals surface area (Å²) in [6.45, 7) is 0.0245. The van der Waals surface area contributed by atoms with Crippen LogP contribution in [0.3, 0.4) is 0 Å². The van der Waals surface area contributed by atoms with Gasteiger partial charge in [-0.1, -0.05) is 29.8 Å². The molecule has 0 heterocycles. The Bertz CT molecular complexity index is 731. The highest BCUT2D eigenvalue weighted by molar-refractivity contribution is 7.91. The number of hydrogen-bond acceptors (Lipinski definition) is 3. The summed E-state index contributed by atoms with van der Waals surface area (Å²) in [5.41, 5.74) is 0.577. The standard InChI is InChI=1S/C15H15ClN2O3S/c16-12-6-8-13(9-7-12)18-15(19)17-10-11-22(20,21)14-4-2-1-3-5-14/h1-9H,10-11H2,(H2,17,18,19). The zero-order chi connectivity index (χ0) is 16.0. The van der Waals surface area contributed by atoms with Crippen molar-refractivity contribution in [2.75, 3.05) is 17.6 Å². The molecule has 0 aliphatic rings. The number of hydrogen-bond donors (Lipinski definition) is 2.